The highest BCUT2D eigenvalue weighted by Gasteiger charge is 2.60. The second kappa shape index (κ2) is 2.21. The number of cyclic esters (lactones) is 2. The van der Waals surface area contributed by atoms with Gasteiger partial charge in [0.25, 0.3) is 0 Å². The van der Waals surface area contributed by atoms with Crippen molar-refractivity contribution in [1.82, 2.24) is 0 Å². The second-order valence-electron chi connectivity index (χ2n) is 3.44. The molecule has 4 N–H and O–H groups in total. The van der Waals surface area contributed by atoms with Crippen molar-refractivity contribution in [2.45, 2.75) is 25.3 Å². The van der Waals surface area contributed by atoms with Crippen LogP contribution in [0.25, 0.3) is 0 Å². The van der Waals surface area contributed by atoms with Crippen LogP contribution in [0.2, 0.25) is 0 Å². The molecule has 6 heteroatoms. The van der Waals surface area contributed by atoms with Crippen molar-refractivity contribution >= 4 is 11.9 Å². The molecule has 0 amide bonds. The third-order valence-corrected chi connectivity index (χ3v) is 2.49. The Morgan fingerprint density at radius 1 is 1.08 bits per heavy atom. The van der Waals surface area contributed by atoms with Gasteiger partial charge in [0.05, 0.1) is 0 Å². The third-order valence-electron chi connectivity index (χ3n) is 2.49. The second-order valence-corrected chi connectivity index (χ2v) is 3.44. The molecular weight excluding hydrogens is 176 g/mol. The minimum absolute atomic E-state index is 0.459. The van der Waals surface area contributed by atoms with Gasteiger partial charge in [-0.25, -0.2) is 11.5 Å². The fourth-order valence-corrected chi connectivity index (χ4v) is 1.53. The Bertz CT molecular complexity index is 260. The lowest BCUT2D eigenvalue weighted by molar-refractivity contribution is -0.265. The van der Waals surface area contributed by atoms with E-state index in [4.69, 9.17) is 11.5 Å². The summed E-state index contributed by atoms with van der Waals surface area (Å²) in [5.74, 6) is -1.33. The van der Waals surface area contributed by atoms with E-state index < -0.39 is 23.4 Å². The Morgan fingerprint density at radius 2 is 1.54 bits per heavy atom. The molecule has 0 atom stereocenters. The molecule has 1 heterocycles. The zero-order valence-electron chi connectivity index (χ0n) is 6.91. The first kappa shape index (κ1) is 8.46. The lowest BCUT2D eigenvalue weighted by atomic mass is 9.68. The van der Waals surface area contributed by atoms with E-state index in [0.29, 0.717) is 12.8 Å². The van der Waals surface area contributed by atoms with Crippen LogP contribution in [-0.2, 0) is 19.1 Å². The first-order valence-corrected chi connectivity index (χ1v) is 4.01. The van der Waals surface area contributed by atoms with E-state index in [2.05, 4.69) is 9.47 Å². The van der Waals surface area contributed by atoms with E-state index in [-0.39, 0.29) is 0 Å². The summed E-state index contributed by atoms with van der Waals surface area (Å²) in [6.45, 7) is 0. The van der Waals surface area contributed by atoms with E-state index >= 15 is 0 Å². The van der Waals surface area contributed by atoms with Crippen LogP contribution in [0.15, 0.2) is 0 Å². The predicted octanol–water partition coefficient (Wildman–Crippen LogP) is -1.21. The van der Waals surface area contributed by atoms with Crippen molar-refractivity contribution in [3.05, 3.63) is 0 Å². The van der Waals surface area contributed by atoms with Crippen molar-refractivity contribution in [3.8, 4) is 0 Å². The molecule has 13 heavy (non-hydrogen) atoms. The van der Waals surface area contributed by atoms with E-state index in [9.17, 15) is 9.59 Å². The van der Waals surface area contributed by atoms with Crippen molar-refractivity contribution in [2.24, 2.45) is 16.9 Å². The molecule has 0 radical (unpaired) electrons. The molecule has 1 saturated carbocycles. The Morgan fingerprint density at radius 3 is 1.85 bits per heavy atom. The molecular formula is C7H10N2O4. The lowest BCUT2D eigenvalue weighted by Crippen LogP contribution is -2.66. The first-order valence-electron chi connectivity index (χ1n) is 4.01. The molecule has 1 aliphatic carbocycles. The van der Waals surface area contributed by atoms with Crippen LogP contribution < -0.4 is 11.5 Å². The zero-order valence-corrected chi connectivity index (χ0v) is 6.91. The molecule has 0 aromatic heterocycles. The smallest absolute Gasteiger partial charge is 0.380 e. The Kier molecular flexibility index (Phi) is 1.44. The summed E-state index contributed by atoms with van der Waals surface area (Å²) in [5, 5.41) is 0. The molecule has 1 saturated heterocycles. The monoisotopic (exact) mass is 186 g/mol. The molecule has 0 bridgehead atoms. The van der Waals surface area contributed by atoms with E-state index in [1.807, 2.05) is 0 Å². The standard InChI is InChI=1S/C7H10N2O4/c8-7(9)12-4(10)6(2-1-3-6)5(11)13-7/h1-3,8-9H2. The maximum atomic E-state index is 11.3. The number of carbonyl (C=O) groups excluding carboxylic acids is 2. The van der Waals surface area contributed by atoms with Gasteiger partial charge in [-0.1, -0.05) is 0 Å². The van der Waals surface area contributed by atoms with Crippen LogP contribution in [0.3, 0.4) is 0 Å². The maximum absolute atomic E-state index is 11.3. The Balaban J connectivity index is 2.26. The molecule has 0 unspecified atom stereocenters. The van der Waals surface area contributed by atoms with Crippen molar-refractivity contribution in [2.75, 3.05) is 0 Å². The van der Waals surface area contributed by atoms with E-state index in [1.54, 1.807) is 0 Å². The van der Waals surface area contributed by atoms with Crippen molar-refractivity contribution in [3.63, 3.8) is 0 Å². The number of hydrogen-bond donors (Lipinski definition) is 2. The van der Waals surface area contributed by atoms with Gasteiger partial charge in [0.2, 0.25) is 0 Å². The fraction of sp³-hybridized carbons (Fsp3) is 0.714. The average Bonchev–Trinajstić information content (AvgIpc) is 1.77. The van der Waals surface area contributed by atoms with Gasteiger partial charge in [-0.05, 0) is 19.3 Å². The van der Waals surface area contributed by atoms with Crippen LogP contribution in [0, 0.1) is 5.41 Å². The number of esters is 2. The van der Waals surface area contributed by atoms with E-state index in [0.717, 1.165) is 6.42 Å². The van der Waals surface area contributed by atoms with Crippen molar-refractivity contribution in [1.29, 1.82) is 0 Å². The highest BCUT2D eigenvalue weighted by atomic mass is 16.8. The maximum Gasteiger partial charge on any atom is 0.380 e. The van der Waals surface area contributed by atoms with E-state index in [1.165, 1.54) is 0 Å². The Labute approximate surface area is 74.1 Å². The van der Waals surface area contributed by atoms with Gasteiger partial charge in [0, 0.05) is 0 Å². The number of nitrogens with two attached hydrogens (primary N) is 2. The molecule has 2 aliphatic rings. The molecule has 2 fully saturated rings. The number of carbonyl (C=O) groups is 2. The van der Waals surface area contributed by atoms with Crippen LogP contribution in [0.5, 0.6) is 0 Å². The summed E-state index contributed by atoms with van der Waals surface area (Å²) < 4.78 is 9.15. The first-order chi connectivity index (χ1) is 5.96. The van der Waals surface area contributed by atoms with Gasteiger partial charge in [0.15, 0.2) is 5.41 Å². The van der Waals surface area contributed by atoms with Gasteiger partial charge < -0.3 is 9.47 Å². The van der Waals surface area contributed by atoms with Gasteiger partial charge in [-0.15, -0.1) is 0 Å². The molecule has 2 rings (SSSR count). The molecule has 1 spiro atoms. The highest BCUT2D eigenvalue weighted by molar-refractivity contribution is 6.02. The largest absolute Gasteiger partial charge is 0.394 e. The summed E-state index contributed by atoms with van der Waals surface area (Å²) in [7, 11) is 0. The topological polar surface area (TPSA) is 105 Å². The molecule has 6 nitrogen and oxygen atoms in total. The summed E-state index contributed by atoms with van der Waals surface area (Å²) in [6, 6.07) is -2.09. The fourth-order valence-electron chi connectivity index (χ4n) is 1.53. The van der Waals surface area contributed by atoms with Gasteiger partial charge in [-0.3, -0.25) is 9.59 Å². The number of hydrogen-bond acceptors (Lipinski definition) is 6. The highest BCUT2D eigenvalue weighted by Crippen LogP contribution is 2.45. The normalized spacial score (nSPS) is 29.1. The summed E-state index contributed by atoms with van der Waals surface area (Å²) in [5.41, 5.74) is 9.19. The lowest BCUT2D eigenvalue weighted by Gasteiger charge is -2.43. The minimum atomic E-state index is -2.09. The SMILES string of the molecule is NC1(N)OC(=O)C2(CCC2)C(=O)O1. The predicted molar refractivity (Wildman–Crippen MR) is 39.6 cm³/mol. The summed E-state index contributed by atoms with van der Waals surface area (Å²) >= 11 is 0. The summed E-state index contributed by atoms with van der Waals surface area (Å²) in [6.07, 6.45) is 1.73. The minimum Gasteiger partial charge on any atom is -0.394 e. The van der Waals surface area contributed by atoms with Crippen LogP contribution in [0.1, 0.15) is 19.3 Å². The number of rotatable bonds is 0. The van der Waals surface area contributed by atoms with Crippen molar-refractivity contribution < 1.29 is 19.1 Å². The molecule has 72 valence electrons. The summed E-state index contributed by atoms with van der Waals surface area (Å²) in [4.78, 5) is 22.7. The van der Waals surface area contributed by atoms with Crippen LogP contribution in [0.4, 0.5) is 0 Å². The molecule has 1 aliphatic heterocycles. The average molecular weight is 186 g/mol. The van der Waals surface area contributed by atoms with Crippen LogP contribution >= 0.6 is 0 Å². The number of ether oxygens (including phenoxy) is 2. The zero-order chi connectivity index (χ0) is 9.69. The quantitative estimate of drug-likeness (QED) is 0.279. The van der Waals surface area contributed by atoms with Gasteiger partial charge in [0.1, 0.15) is 0 Å². The van der Waals surface area contributed by atoms with Gasteiger partial charge in [-0.2, -0.15) is 0 Å². The molecule has 0 aromatic rings. The third kappa shape index (κ3) is 1.02. The van der Waals surface area contributed by atoms with Gasteiger partial charge >= 0.3 is 18.0 Å². The van der Waals surface area contributed by atoms with Crippen LogP contribution in [-0.4, -0.2) is 18.0 Å². The molecule has 0 aromatic carbocycles. The Hall–Kier alpha value is -1.14.